The van der Waals surface area contributed by atoms with Crippen molar-refractivity contribution in [2.45, 2.75) is 44.4 Å². The Morgan fingerprint density at radius 3 is 2.88 bits per heavy atom. The molecule has 0 radical (unpaired) electrons. The Hall–Kier alpha value is -1.87. The highest BCUT2D eigenvalue weighted by Crippen LogP contribution is 2.38. The van der Waals surface area contributed by atoms with Gasteiger partial charge in [-0.25, -0.2) is 0 Å². The van der Waals surface area contributed by atoms with Crippen LogP contribution >= 0.6 is 23.1 Å². The monoisotopic (exact) mass is 393 g/mol. The van der Waals surface area contributed by atoms with Crippen LogP contribution in [0.4, 0.5) is 0 Å². The zero-order valence-electron chi connectivity index (χ0n) is 15.0. The van der Waals surface area contributed by atoms with Crippen molar-refractivity contribution in [1.29, 1.82) is 0 Å². The molecule has 2 heterocycles. The fourth-order valence-corrected chi connectivity index (χ4v) is 4.22. The number of thioether (sulfide) groups is 1. The number of hydrogen-bond donors (Lipinski definition) is 1. The highest BCUT2D eigenvalue weighted by atomic mass is 32.2. The van der Waals surface area contributed by atoms with Crippen LogP contribution in [0.5, 0.6) is 0 Å². The smallest absolute Gasteiger partial charge is 0.239 e. The van der Waals surface area contributed by atoms with Gasteiger partial charge < -0.3 is 14.8 Å². The summed E-state index contributed by atoms with van der Waals surface area (Å²) in [6.45, 7) is 4.90. The van der Waals surface area contributed by atoms with E-state index in [0.717, 1.165) is 28.7 Å². The van der Waals surface area contributed by atoms with Gasteiger partial charge >= 0.3 is 0 Å². The molecule has 3 rings (SSSR count). The van der Waals surface area contributed by atoms with E-state index in [2.05, 4.69) is 20.1 Å². The van der Waals surface area contributed by atoms with Crippen LogP contribution in [0, 0.1) is 6.92 Å². The van der Waals surface area contributed by atoms with Crippen molar-refractivity contribution >= 4 is 34.9 Å². The molecule has 140 valence electrons. The minimum atomic E-state index is -0.143. The molecule has 0 unspecified atom stereocenters. The molecule has 2 aromatic rings. The lowest BCUT2D eigenvalue weighted by Crippen LogP contribution is -2.41. The average Bonchev–Trinajstić information content (AvgIpc) is 3.19. The van der Waals surface area contributed by atoms with Crippen LogP contribution in [-0.2, 0) is 16.1 Å². The maximum atomic E-state index is 12.5. The Bertz CT molecular complexity index is 755. The third kappa shape index (κ3) is 4.85. The van der Waals surface area contributed by atoms with E-state index in [1.54, 1.807) is 16.2 Å². The topological polar surface area (TPSA) is 80.1 Å². The normalized spacial score (nSPS) is 13.6. The standard InChI is InChI=1S/C17H23N5O2S2/c1-3-21(10-15(23)18-9-14-5-4-8-25-14)16(24)11-26-17-20-19-12(2)22(17)13-6-7-13/h4-5,8,13H,3,6-7,9-11H2,1-2H3,(H,18,23). The first-order valence-corrected chi connectivity index (χ1v) is 10.6. The molecular weight excluding hydrogens is 370 g/mol. The third-order valence-electron chi connectivity index (χ3n) is 4.18. The number of carbonyl (C=O) groups is 2. The van der Waals surface area contributed by atoms with Gasteiger partial charge in [-0.05, 0) is 38.1 Å². The van der Waals surface area contributed by atoms with Crippen LogP contribution in [0.25, 0.3) is 0 Å². The second kappa shape index (κ2) is 8.68. The lowest BCUT2D eigenvalue weighted by Gasteiger charge is -2.20. The minimum absolute atomic E-state index is 0.0632. The highest BCUT2D eigenvalue weighted by molar-refractivity contribution is 7.99. The van der Waals surface area contributed by atoms with E-state index in [1.807, 2.05) is 31.4 Å². The number of thiophene rings is 1. The number of amides is 2. The first-order valence-electron chi connectivity index (χ1n) is 8.69. The van der Waals surface area contributed by atoms with E-state index in [9.17, 15) is 9.59 Å². The number of aromatic nitrogens is 3. The van der Waals surface area contributed by atoms with E-state index in [4.69, 9.17) is 0 Å². The van der Waals surface area contributed by atoms with Crippen LogP contribution in [-0.4, -0.2) is 50.3 Å². The fourth-order valence-electron chi connectivity index (χ4n) is 2.62. The lowest BCUT2D eigenvalue weighted by atomic mass is 10.4. The number of hydrogen-bond acceptors (Lipinski definition) is 6. The third-order valence-corrected chi connectivity index (χ3v) is 5.98. The van der Waals surface area contributed by atoms with Gasteiger partial charge in [-0.15, -0.1) is 21.5 Å². The van der Waals surface area contributed by atoms with Crippen molar-refractivity contribution in [3.63, 3.8) is 0 Å². The van der Waals surface area contributed by atoms with E-state index >= 15 is 0 Å². The van der Waals surface area contributed by atoms with Crippen LogP contribution in [0.2, 0.25) is 0 Å². The number of nitrogens with one attached hydrogen (secondary N) is 1. The predicted molar refractivity (Wildman–Crippen MR) is 102 cm³/mol. The molecule has 0 saturated heterocycles. The molecule has 9 heteroatoms. The van der Waals surface area contributed by atoms with Crippen molar-refractivity contribution in [3.8, 4) is 0 Å². The molecule has 1 saturated carbocycles. The van der Waals surface area contributed by atoms with Crippen LogP contribution in [0.1, 0.15) is 36.5 Å². The van der Waals surface area contributed by atoms with Gasteiger partial charge in [-0.1, -0.05) is 17.8 Å². The summed E-state index contributed by atoms with van der Waals surface area (Å²) in [7, 11) is 0. The second-order valence-electron chi connectivity index (χ2n) is 6.18. The molecule has 2 amide bonds. The summed E-state index contributed by atoms with van der Waals surface area (Å²) < 4.78 is 2.11. The number of rotatable bonds is 9. The number of carbonyl (C=O) groups excluding carboxylic acids is 2. The summed E-state index contributed by atoms with van der Waals surface area (Å²) in [4.78, 5) is 27.3. The number of aryl methyl sites for hydroxylation is 1. The summed E-state index contributed by atoms with van der Waals surface area (Å²) >= 11 is 2.99. The molecule has 1 aliphatic carbocycles. The van der Waals surface area contributed by atoms with Gasteiger partial charge in [0.25, 0.3) is 0 Å². The maximum Gasteiger partial charge on any atom is 0.239 e. The number of likely N-dealkylation sites (N-methyl/N-ethyl adjacent to an activating group) is 1. The summed E-state index contributed by atoms with van der Waals surface area (Å²) in [5.41, 5.74) is 0. The van der Waals surface area contributed by atoms with E-state index < -0.39 is 0 Å². The van der Waals surface area contributed by atoms with Gasteiger partial charge in [0.1, 0.15) is 5.82 Å². The molecule has 0 aromatic carbocycles. The van der Waals surface area contributed by atoms with Crippen molar-refractivity contribution in [2.24, 2.45) is 0 Å². The van der Waals surface area contributed by atoms with Crippen molar-refractivity contribution in [2.75, 3.05) is 18.8 Å². The Labute approximate surface area is 161 Å². The molecular formula is C17H23N5O2S2. The Morgan fingerprint density at radius 2 is 2.23 bits per heavy atom. The van der Waals surface area contributed by atoms with Gasteiger partial charge in [0.05, 0.1) is 18.8 Å². The molecule has 0 bridgehead atoms. The summed E-state index contributed by atoms with van der Waals surface area (Å²) in [5.74, 6) is 0.946. The molecule has 0 aliphatic heterocycles. The summed E-state index contributed by atoms with van der Waals surface area (Å²) in [5, 5.41) is 13.9. The van der Waals surface area contributed by atoms with Crippen LogP contribution in [0.15, 0.2) is 22.7 Å². The van der Waals surface area contributed by atoms with Crippen molar-refractivity contribution < 1.29 is 9.59 Å². The summed E-state index contributed by atoms with van der Waals surface area (Å²) in [6, 6.07) is 4.41. The van der Waals surface area contributed by atoms with Crippen LogP contribution < -0.4 is 5.32 Å². The Morgan fingerprint density at radius 1 is 1.42 bits per heavy atom. The average molecular weight is 394 g/mol. The zero-order valence-corrected chi connectivity index (χ0v) is 16.6. The van der Waals surface area contributed by atoms with E-state index in [1.165, 1.54) is 11.8 Å². The second-order valence-corrected chi connectivity index (χ2v) is 8.16. The molecule has 1 N–H and O–H groups in total. The molecule has 1 fully saturated rings. The Kier molecular flexibility index (Phi) is 6.31. The first kappa shape index (κ1) is 18.9. The molecule has 26 heavy (non-hydrogen) atoms. The quantitative estimate of drug-likeness (QED) is 0.661. The van der Waals surface area contributed by atoms with Gasteiger partial charge in [0.15, 0.2) is 5.16 Å². The number of nitrogens with zero attached hydrogens (tertiary/aromatic N) is 4. The van der Waals surface area contributed by atoms with Gasteiger partial charge in [0, 0.05) is 17.5 Å². The van der Waals surface area contributed by atoms with Gasteiger partial charge in [-0.3, -0.25) is 9.59 Å². The zero-order chi connectivity index (χ0) is 18.5. The van der Waals surface area contributed by atoms with E-state index in [0.29, 0.717) is 19.1 Å². The van der Waals surface area contributed by atoms with Crippen LogP contribution in [0.3, 0.4) is 0 Å². The lowest BCUT2D eigenvalue weighted by molar-refractivity contribution is -0.133. The van der Waals surface area contributed by atoms with Gasteiger partial charge in [0.2, 0.25) is 11.8 Å². The van der Waals surface area contributed by atoms with Crippen molar-refractivity contribution in [1.82, 2.24) is 25.0 Å². The predicted octanol–water partition coefficient (Wildman–Crippen LogP) is 2.24. The molecule has 2 aromatic heterocycles. The van der Waals surface area contributed by atoms with Gasteiger partial charge in [-0.2, -0.15) is 0 Å². The first-order chi connectivity index (χ1) is 12.6. The SMILES string of the molecule is CCN(CC(=O)NCc1cccs1)C(=O)CSc1nnc(C)n1C1CC1. The molecule has 7 nitrogen and oxygen atoms in total. The largest absolute Gasteiger partial charge is 0.350 e. The molecule has 0 spiro atoms. The molecule has 0 atom stereocenters. The van der Waals surface area contributed by atoms with E-state index in [-0.39, 0.29) is 24.1 Å². The maximum absolute atomic E-state index is 12.5. The van der Waals surface area contributed by atoms with Crippen molar-refractivity contribution in [3.05, 3.63) is 28.2 Å². The minimum Gasteiger partial charge on any atom is -0.350 e. The molecule has 1 aliphatic rings. The Balaban J connectivity index is 1.48. The highest BCUT2D eigenvalue weighted by Gasteiger charge is 2.28. The fraction of sp³-hybridized carbons (Fsp3) is 0.529. The summed E-state index contributed by atoms with van der Waals surface area (Å²) in [6.07, 6.45) is 2.29.